The van der Waals surface area contributed by atoms with E-state index >= 15 is 0 Å². The zero-order chi connectivity index (χ0) is 13.2. The fraction of sp³-hybridized carbons (Fsp3) is 0.692. The summed E-state index contributed by atoms with van der Waals surface area (Å²) in [5.74, 6) is 2.38. The van der Waals surface area contributed by atoms with Crippen LogP contribution >= 0.6 is 0 Å². The van der Waals surface area contributed by atoms with Gasteiger partial charge in [-0.15, -0.1) is 0 Å². The summed E-state index contributed by atoms with van der Waals surface area (Å²) in [5, 5.41) is 3.50. The Bertz CT molecular complexity index is 419. The van der Waals surface area contributed by atoms with E-state index in [0.29, 0.717) is 12.5 Å². The van der Waals surface area contributed by atoms with Crippen LogP contribution in [0.1, 0.15) is 26.6 Å². The number of nitrogens with zero attached hydrogens (tertiary/aromatic N) is 3. The van der Waals surface area contributed by atoms with Crippen molar-refractivity contribution in [2.24, 2.45) is 0 Å². The quantitative estimate of drug-likeness (QED) is 0.878. The average molecular weight is 250 g/mol. The monoisotopic (exact) mass is 250 g/mol. The van der Waals surface area contributed by atoms with E-state index in [0.717, 1.165) is 31.3 Å². The Hall–Kier alpha value is -1.36. The minimum atomic E-state index is 0.114. The van der Waals surface area contributed by atoms with E-state index < -0.39 is 0 Å². The maximum Gasteiger partial charge on any atom is 0.218 e. The maximum absolute atomic E-state index is 5.48. The zero-order valence-electron chi connectivity index (χ0n) is 11.7. The molecule has 5 nitrogen and oxygen atoms in total. The second kappa shape index (κ2) is 5.10. The Morgan fingerprint density at radius 3 is 2.89 bits per heavy atom. The van der Waals surface area contributed by atoms with E-state index in [1.807, 2.05) is 19.9 Å². The smallest absolute Gasteiger partial charge is 0.218 e. The van der Waals surface area contributed by atoms with E-state index in [1.54, 1.807) is 0 Å². The number of aryl methyl sites for hydroxylation is 1. The van der Waals surface area contributed by atoms with E-state index in [-0.39, 0.29) is 5.54 Å². The van der Waals surface area contributed by atoms with E-state index in [9.17, 15) is 0 Å². The molecule has 1 aliphatic rings. The van der Waals surface area contributed by atoms with Crippen LogP contribution in [-0.4, -0.2) is 41.7 Å². The minimum absolute atomic E-state index is 0.114. The molecule has 1 aliphatic heterocycles. The van der Waals surface area contributed by atoms with Gasteiger partial charge in [0.05, 0.1) is 6.61 Å². The highest BCUT2D eigenvalue weighted by atomic mass is 16.5. The molecule has 1 fully saturated rings. The number of ether oxygens (including phenoxy) is 1. The Kier molecular flexibility index (Phi) is 3.71. The average Bonchev–Trinajstić information content (AvgIpc) is 2.27. The molecule has 0 bridgehead atoms. The highest BCUT2D eigenvalue weighted by Gasteiger charge is 2.26. The Labute approximate surface area is 109 Å². The van der Waals surface area contributed by atoms with Gasteiger partial charge in [0.15, 0.2) is 0 Å². The second-order valence-electron chi connectivity index (χ2n) is 5.28. The number of rotatable bonds is 3. The van der Waals surface area contributed by atoms with E-state index in [1.165, 1.54) is 0 Å². The first-order chi connectivity index (χ1) is 8.50. The van der Waals surface area contributed by atoms with Crippen LogP contribution in [0.15, 0.2) is 6.07 Å². The lowest BCUT2D eigenvalue weighted by molar-refractivity contribution is 0.323. The number of aromatic nitrogens is 2. The van der Waals surface area contributed by atoms with Crippen LogP contribution in [0.4, 0.5) is 5.82 Å². The van der Waals surface area contributed by atoms with Gasteiger partial charge < -0.3 is 15.0 Å². The van der Waals surface area contributed by atoms with Crippen molar-refractivity contribution in [3.05, 3.63) is 11.9 Å². The molecule has 0 aliphatic carbocycles. The van der Waals surface area contributed by atoms with E-state index in [2.05, 4.69) is 34.0 Å². The van der Waals surface area contributed by atoms with Gasteiger partial charge in [-0.3, -0.25) is 0 Å². The molecule has 1 aromatic heterocycles. The van der Waals surface area contributed by atoms with Crippen molar-refractivity contribution in [3.63, 3.8) is 0 Å². The van der Waals surface area contributed by atoms with Crippen LogP contribution < -0.4 is 15.0 Å². The number of hydrogen-bond acceptors (Lipinski definition) is 5. The van der Waals surface area contributed by atoms with Gasteiger partial charge in [-0.2, -0.15) is 4.98 Å². The molecule has 0 spiro atoms. The summed E-state index contributed by atoms with van der Waals surface area (Å²) >= 11 is 0. The van der Waals surface area contributed by atoms with Gasteiger partial charge in [-0.05, 0) is 27.7 Å². The van der Waals surface area contributed by atoms with Crippen molar-refractivity contribution in [1.82, 2.24) is 15.3 Å². The van der Waals surface area contributed by atoms with Gasteiger partial charge in [-0.25, -0.2) is 4.98 Å². The SMILES string of the molecule is CCOc1cc(N2CCNC(C)(C)C2)nc(C)n1. The van der Waals surface area contributed by atoms with Gasteiger partial charge in [0.25, 0.3) is 0 Å². The molecule has 0 unspecified atom stereocenters. The van der Waals surface area contributed by atoms with Crippen LogP contribution in [0, 0.1) is 6.92 Å². The number of nitrogens with one attached hydrogen (secondary N) is 1. The topological polar surface area (TPSA) is 50.3 Å². The van der Waals surface area contributed by atoms with Crippen molar-refractivity contribution < 1.29 is 4.74 Å². The van der Waals surface area contributed by atoms with Gasteiger partial charge in [-0.1, -0.05) is 0 Å². The molecular weight excluding hydrogens is 228 g/mol. The third-order valence-electron chi connectivity index (χ3n) is 2.99. The van der Waals surface area contributed by atoms with Crippen molar-refractivity contribution in [2.75, 3.05) is 31.1 Å². The fourth-order valence-corrected chi connectivity index (χ4v) is 2.25. The Balaban J connectivity index is 2.21. The van der Waals surface area contributed by atoms with Crippen molar-refractivity contribution >= 4 is 5.82 Å². The molecular formula is C13H22N4O. The summed E-state index contributed by atoms with van der Waals surface area (Å²) in [4.78, 5) is 11.1. The zero-order valence-corrected chi connectivity index (χ0v) is 11.7. The predicted molar refractivity (Wildman–Crippen MR) is 72.2 cm³/mol. The first-order valence-corrected chi connectivity index (χ1v) is 6.48. The van der Waals surface area contributed by atoms with Gasteiger partial charge >= 0.3 is 0 Å². The molecule has 0 saturated carbocycles. The molecule has 18 heavy (non-hydrogen) atoms. The summed E-state index contributed by atoms with van der Waals surface area (Å²) in [5.41, 5.74) is 0.114. The number of piperazine rings is 1. The van der Waals surface area contributed by atoms with Crippen molar-refractivity contribution in [3.8, 4) is 5.88 Å². The molecule has 2 rings (SSSR count). The molecule has 2 heterocycles. The van der Waals surface area contributed by atoms with Gasteiger partial charge in [0.1, 0.15) is 11.6 Å². The lowest BCUT2D eigenvalue weighted by Crippen LogP contribution is -2.57. The molecule has 1 aromatic rings. The van der Waals surface area contributed by atoms with E-state index in [4.69, 9.17) is 4.74 Å². The van der Waals surface area contributed by atoms with Gasteiger partial charge in [0.2, 0.25) is 5.88 Å². The highest BCUT2D eigenvalue weighted by Crippen LogP contribution is 2.21. The van der Waals surface area contributed by atoms with Crippen LogP contribution in [-0.2, 0) is 0 Å². The standard InChI is InChI=1S/C13H22N4O/c1-5-18-12-8-11(15-10(2)16-12)17-7-6-14-13(3,4)9-17/h8,14H,5-7,9H2,1-4H3. The Morgan fingerprint density at radius 2 is 2.22 bits per heavy atom. The lowest BCUT2D eigenvalue weighted by Gasteiger charge is -2.39. The maximum atomic E-state index is 5.48. The molecule has 0 amide bonds. The predicted octanol–water partition coefficient (Wildman–Crippen LogP) is 1.37. The van der Waals surface area contributed by atoms with Crippen molar-refractivity contribution in [1.29, 1.82) is 0 Å². The fourth-order valence-electron chi connectivity index (χ4n) is 2.25. The summed E-state index contributed by atoms with van der Waals surface area (Å²) < 4.78 is 5.48. The molecule has 1 saturated heterocycles. The highest BCUT2D eigenvalue weighted by molar-refractivity contribution is 5.43. The third kappa shape index (κ3) is 3.10. The molecule has 0 radical (unpaired) electrons. The summed E-state index contributed by atoms with van der Waals surface area (Å²) in [6, 6.07) is 1.93. The van der Waals surface area contributed by atoms with Gasteiger partial charge in [0, 0.05) is 31.2 Å². The largest absolute Gasteiger partial charge is 0.478 e. The number of hydrogen-bond donors (Lipinski definition) is 1. The molecule has 0 atom stereocenters. The first kappa shape index (κ1) is 13.1. The lowest BCUT2D eigenvalue weighted by atomic mass is 10.0. The number of anilines is 1. The summed E-state index contributed by atoms with van der Waals surface area (Å²) in [6.07, 6.45) is 0. The minimum Gasteiger partial charge on any atom is -0.478 e. The summed E-state index contributed by atoms with van der Waals surface area (Å²) in [6.45, 7) is 11.8. The normalized spacial score (nSPS) is 18.8. The molecule has 100 valence electrons. The van der Waals surface area contributed by atoms with Crippen molar-refractivity contribution in [2.45, 2.75) is 33.2 Å². The molecule has 0 aromatic carbocycles. The molecule has 5 heteroatoms. The van der Waals surface area contributed by atoms with Crippen LogP contribution in [0.5, 0.6) is 5.88 Å². The Morgan fingerprint density at radius 1 is 1.44 bits per heavy atom. The van der Waals surface area contributed by atoms with Crippen LogP contribution in [0.25, 0.3) is 0 Å². The first-order valence-electron chi connectivity index (χ1n) is 6.48. The van der Waals surface area contributed by atoms with Crippen LogP contribution in [0.2, 0.25) is 0 Å². The van der Waals surface area contributed by atoms with Crippen LogP contribution in [0.3, 0.4) is 0 Å². The molecule has 1 N–H and O–H groups in total. The summed E-state index contributed by atoms with van der Waals surface area (Å²) in [7, 11) is 0. The second-order valence-corrected chi connectivity index (χ2v) is 5.28. The third-order valence-corrected chi connectivity index (χ3v) is 2.99.